The summed E-state index contributed by atoms with van der Waals surface area (Å²) in [5.41, 5.74) is 0.998. The molecule has 0 radical (unpaired) electrons. The van der Waals surface area contributed by atoms with Crippen molar-refractivity contribution in [2.45, 2.75) is 26.3 Å². The van der Waals surface area contributed by atoms with Crippen molar-refractivity contribution in [2.75, 3.05) is 6.54 Å². The van der Waals surface area contributed by atoms with Crippen molar-refractivity contribution in [3.63, 3.8) is 0 Å². The molecule has 0 aliphatic heterocycles. The minimum atomic E-state index is 0.316. The van der Waals surface area contributed by atoms with E-state index >= 15 is 0 Å². The van der Waals surface area contributed by atoms with Crippen molar-refractivity contribution in [1.29, 1.82) is 0 Å². The quantitative estimate of drug-likeness (QED) is 0.892. The first kappa shape index (κ1) is 11.8. The van der Waals surface area contributed by atoms with Gasteiger partial charge in [-0.3, -0.25) is 0 Å². The van der Waals surface area contributed by atoms with Gasteiger partial charge in [0.15, 0.2) is 0 Å². The number of hydrogen-bond donors (Lipinski definition) is 1. The molecular weight excluding hydrogens is 240 g/mol. The zero-order valence-electron chi connectivity index (χ0n) is 9.46. The molecule has 1 atom stereocenters. The fourth-order valence-corrected chi connectivity index (χ4v) is 2.69. The Bertz CT molecular complexity index is 481. The second-order valence-corrected chi connectivity index (χ2v) is 5.34. The predicted octanol–water partition coefficient (Wildman–Crippen LogP) is 4.01. The Morgan fingerprint density at radius 2 is 2.31 bits per heavy atom. The van der Waals surface area contributed by atoms with Crippen LogP contribution in [0.4, 0.5) is 0 Å². The Hall–Kier alpha value is -0.640. The molecule has 1 aromatic carbocycles. The summed E-state index contributed by atoms with van der Waals surface area (Å²) < 4.78 is 1.20. The van der Waals surface area contributed by atoms with Crippen molar-refractivity contribution in [3.8, 4) is 0 Å². The highest BCUT2D eigenvalue weighted by atomic mass is 35.5. The standard InChI is InChI=1S/C12H15ClN2S/c1-3-6-14-8(2)12-15-10-7-9(13)4-5-11(10)16-12/h4-5,7-8,14H,3,6H2,1-2H3. The summed E-state index contributed by atoms with van der Waals surface area (Å²) in [6.45, 7) is 5.34. The van der Waals surface area contributed by atoms with Gasteiger partial charge in [0, 0.05) is 5.02 Å². The van der Waals surface area contributed by atoms with Crippen LogP contribution in [0.25, 0.3) is 10.2 Å². The van der Waals surface area contributed by atoms with Crippen LogP contribution in [-0.4, -0.2) is 11.5 Å². The molecule has 1 aromatic heterocycles. The lowest BCUT2D eigenvalue weighted by Gasteiger charge is -2.08. The van der Waals surface area contributed by atoms with Crippen LogP contribution in [0, 0.1) is 0 Å². The van der Waals surface area contributed by atoms with Crippen LogP contribution >= 0.6 is 22.9 Å². The molecule has 0 spiro atoms. The first-order valence-corrected chi connectivity index (χ1v) is 6.69. The molecule has 0 saturated heterocycles. The Labute approximate surface area is 105 Å². The van der Waals surface area contributed by atoms with Crippen LogP contribution in [0.15, 0.2) is 18.2 Å². The van der Waals surface area contributed by atoms with Crippen LogP contribution in [0.2, 0.25) is 5.02 Å². The highest BCUT2D eigenvalue weighted by Crippen LogP contribution is 2.28. The van der Waals surface area contributed by atoms with Crippen molar-refractivity contribution in [2.24, 2.45) is 0 Å². The summed E-state index contributed by atoms with van der Waals surface area (Å²) in [5.74, 6) is 0. The van der Waals surface area contributed by atoms with Crippen molar-refractivity contribution >= 4 is 33.2 Å². The summed E-state index contributed by atoms with van der Waals surface area (Å²) >= 11 is 7.67. The highest BCUT2D eigenvalue weighted by molar-refractivity contribution is 7.18. The van der Waals surface area contributed by atoms with Gasteiger partial charge in [-0.15, -0.1) is 11.3 Å². The average molecular weight is 255 g/mol. The van der Waals surface area contributed by atoms with E-state index in [0.29, 0.717) is 6.04 Å². The van der Waals surface area contributed by atoms with E-state index < -0.39 is 0 Å². The van der Waals surface area contributed by atoms with Gasteiger partial charge >= 0.3 is 0 Å². The summed E-state index contributed by atoms with van der Waals surface area (Å²) in [4.78, 5) is 4.60. The first-order chi connectivity index (χ1) is 7.70. The Balaban J connectivity index is 2.25. The van der Waals surface area contributed by atoms with E-state index in [9.17, 15) is 0 Å². The van der Waals surface area contributed by atoms with Gasteiger partial charge < -0.3 is 5.32 Å². The Morgan fingerprint density at radius 1 is 1.50 bits per heavy atom. The highest BCUT2D eigenvalue weighted by Gasteiger charge is 2.10. The smallest absolute Gasteiger partial charge is 0.111 e. The molecule has 0 bridgehead atoms. The number of rotatable bonds is 4. The number of benzene rings is 1. The maximum atomic E-state index is 5.94. The second-order valence-electron chi connectivity index (χ2n) is 3.84. The lowest BCUT2D eigenvalue weighted by molar-refractivity contribution is 0.569. The molecule has 0 saturated carbocycles. The molecule has 2 rings (SSSR count). The molecule has 2 nitrogen and oxygen atoms in total. The van der Waals surface area contributed by atoms with Crippen LogP contribution in [0.5, 0.6) is 0 Å². The normalized spacial score (nSPS) is 13.2. The SMILES string of the molecule is CCCNC(C)c1nc2cc(Cl)ccc2s1. The lowest BCUT2D eigenvalue weighted by Crippen LogP contribution is -2.18. The number of nitrogens with one attached hydrogen (secondary N) is 1. The number of halogens is 1. The van der Waals surface area contributed by atoms with E-state index in [4.69, 9.17) is 11.6 Å². The summed E-state index contributed by atoms with van der Waals surface area (Å²) in [6, 6.07) is 6.18. The number of aromatic nitrogens is 1. The van der Waals surface area contributed by atoms with E-state index in [1.807, 2.05) is 18.2 Å². The number of thiazole rings is 1. The van der Waals surface area contributed by atoms with Gasteiger partial charge in [-0.2, -0.15) is 0 Å². The van der Waals surface area contributed by atoms with E-state index in [-0.39, 0.29) is 0 Å². The molecule has 0 aliphatic carbocycles. The molecule has 0 aliphatic rings. The van der Waals surface area contributed by atoms with E-state index in [1.54, 1.807) is 11.3 Å². The van der Waals surface area contributed by atoms with Crippen LogP contribution in [0.1, 0.15) is 31.3 Å². The second kappa shape index (κ2) is 5.13. The van der Waals surface area contributed by atoms with Crippen LogP contribution in [0.3, 0.4) is 0 Å². The van der Waals surface area contributed by atoms with Gasteiger partial charge in [0.05, 0.1) is 16.3 Å². The molecule has 0 fully saturated rings. The molecule has 16 heavy (non-hydrogen) atoms. The van der Waals surface area contributed by atoms with Gasteiger partial charge in [-0.1, -0.05) is 18.5 Å². The van der Waals surface area contributed by atoms with E-state index in [0.717, 1.165) is 28.5 Å². The van der Waals surface area contributed by atoms with Gasteiger partial charge in [-0.25, -0.2) is 4.98 Å². The zero-order chi connectivity index (χ0) is 11.5. The Morgan fingerprint density at radius 3 is 3.06 bits per heavy atom. The van der Waals surface area contributed by atoms with Crippen LogP contribution < -0.4 is 5.32 Å². The van der Waals surface area contributed by atoms with Crippen molar-refractivity contribution in [3.05, 3.63) is 28.2 Å². The molecule has 1 heterocycles. The zero-order valence-corrected chi connectivity index (χ0v) is 11.0. The topological polar surface area (TPSA) is 24.9 Å². The lowest BCUT2D eigenvalue weighted by atomic mass is 10.3. The minimum Gasteiger partial charge on any atom is -0.308 e. The maximum Gasteiger partial charge on any atom is 0.111 e. The average Bonchev–Trinajstić information content (AvgIpc) is 2.68. The maximum absolute atomic E-state index is 5.94. The monoisotopic (exact) mass is 254 g/mol. The third kappa shape index (κ3) is 2.54. The van der Waals surface area contributed by atoms with Gasteiger partial charge in [-0.05, 0) is 38.1 Å². The summed E-state index contributed by atoms with van der Waals surface area (Å²) in [5, 5.41) is 5.32. The van der Waals surface area contributed by atoms with Crippen molar-refractivity contribution < 1.29 is 0 Å². The molecule has 86 valence electrons. The molecule has 1 unspecified atom stereocenters. The first-order valence-electron chi connectivity index (χ1n) is 5.50. The van der Waals surface area contributed by atoms with Gasteiger partial charge in [0.25, 0.3) is 0 Å². The van der Waals surface area contributed by atoms with E-state index in [2.05, 4.69) is 24.1 Å². The number of fused-ring (bicyclic) bond motifs is 1. The Kier molecular flexibility index (Phi) is 3.79. The van der Waals surface area contributed by atoms with Gasteiger partial charge in [0.1, 0.15) is 5.01 Å². The van der Waals surface area contributed by atoms with Crippen LogP contribution in [-0.2, 0) is 0 Å². The molecule has 2 aromatic rings. The third-order valence-corrected chi connectivity index (χ3v) is 3.89. The number of hydrogen-bond acceptors (Lipinski definition) is 3. The van der Waals surface area contributed by atoms with E-state index in [1.165, 1.54) is 4.70 Å². The number of nitrogens with zero attached hydrogens (tertiary/aromatic N) is 1. The summed E-state index contributed by atoms with van der Waals surface area (Å²) in [7, 11) is 0. The van der Waals surface area contributed by atoms with Gasteiger partial charge in [0.2, 0.25) is 0 Å². The minimum absolute atomic E-state index is 0.316. The molecule has 1 N–H and O–H groups in total. The predicted molar refractivity (Wildman–Crippen MR) is 71.3 cm³/mol. The fraction of sp³-hybridized carbons (Fsp3) is 0.417. The molecule has 4 heteroatoms. The fourth-order valence-electron chi connectivity index (χ4n) is 1.55. The third-order valence-electron chi connectivity index (χ3n) is 2.44. The largest absolute Gasteiger partial charge is 0.308 e. The van der Waals surface area contributed by atoms with Crippen molar-refractivity contribution in [1.82, 2.24) is 10.3 Å². The summed E-state index contributed by atoms with van der Waals surface area (Å²) in [6.07, 6.45) is 1.14. The molecular formula is C12H15ClN2S. The molecule has 0 amide bonds.